The van der Waals surface area contributed by atoms with Gasteiger partial charge in [0.05, 0.1) is 22.1 Å². The second-order valence-electron chi connectivity index (χ2n) is 16.0. The van der Waals surface area contributed by atoms with Crippen LogP contribution in [0.5, 0.6) is 0 Å². The van der Waals surface area contributed by atoms with E-state index in [0.717, 1.165) is 88.1 Å². The molecule has 0 radical (unpaired) electrons. The Labute approximate surface area is 361 Å². The molecule has 0 saturated carbocycles. The van der Waals surface area contributed by atoms with Crippen molar-refractivity contribution in [2.24, 2.45) is 0 Å². The van der Waals surface area contributed by atoms with Crippen LogP contribution in [0.4, 0.5) is 0 Å². The van der Waals surface area contributed by atoms with E-state index in [2.05, 4.69) is 191 Å². The summed E-state index contributed by atoms with van der Waals surface area (Å²) in [5.74, 6) is 1.70. The maximum Gasteiger partial charge on any atom is 0.238 e. The second-order valence-corrected chi connectivity index (χ2v) is 16.0. The molecule has 0 saturated heterocycles. The van der Waals surface area contributed by atoms with Crippen LogP contribution in [0.1, 0.15) is 0 Å². The number of rotatable bonds is 6. The molecular formula is C57H35N5O. The Kier molecular flexibility index (Phi) is 7.80. The number of hydrogen-bond donors (Lipinski definition) is 0. The first-order valence-corrected chi connectivity index (χ1v) is 21.2. The number of furan rings is 1. The molecule has 0 spiro atoms. The fraction of sp³-hybridized carbons (Fsp3) is 0. The van der Waals surface area contributed by atoms with E-state index in [-0.39, 0.29) is 0 Å². The van der Waals surface area contributed by atoms with Gasteiger partial charge < -0.3 is 8.98 Å². The van der Waals surface area contributed by atoms with Gasteiger partial charge in [-0.3, -0.25) is 4.57 Å². The fourth-order valence-corrected chi connectivity index (χ4v) is 9.50. The second kappa shape index (κ2) is 14.0. The Morgan fingerprint density at radius 3 is 1.54 bits per heavy atom. The van der Waals surface area contributed by atoms with Crippen molar-refractivity contribution in [1.29, 1.82) is 0 Å². The van der Waals surface area contributed by atoms with Gasteiger partial charge in [-0.15, -0.1) is 0 Å². The average Bonchev–Trinajstić information content (AvgIpc) is 4.02. The molecule has 13 rings (SSSR count). The zero-order valence-corrected chi connectivity index (χ0v) is 33.9. The Bertz CT molecular complexity index is 3890. The van der Waals surface area contributed by atoms with E-state index in [9.17, 15) is 0 Å². The van der Waals surface area contributed by atoms with Gasteiger partial charge in [-0.05, 0) is 59.2 Å². The molecule has 0 bridgehead atoms. The zero-order chi connectivity index (χ0) is 41.4. The lowest BCUT2D eigenvalue weighted by Crippen LogP contribution is -2.07. The molecule has 0 fully saturated rings. The number of benzene rings is 9. The fourth-order valence-electron chi connectivity index (χ4n) is 9.50. The summed E-state index contributed by atoms with van der Waals surface area (Å²) in [5, 5.41) is 6.61. The molecule has 0 amide bonds. The van der Waals surface area contributed by atoms with Gasteiger partial charge in [-0.2, -0.15) is 9.97 Å². The first-order chi connectivity index (χ1) is 31.2. The number of para-hydroxylation sites is 3. The predicted molar refractivity (Wildman–Crippen MR) is 258 cm³/mol. The van der Waals surface area contributed by atoms with Gasteiger partial charge in [0, 0.05) is 54.7 Å². The lowest BCUT2D eigenvalue weighted by atomic mass is 10.0. The Balaban J connectivity index is 1.08. The zero-order valence-electron chi connectivity index (χ0n) is 33.9. The SMILES string of the molecule is c1ccc(-c2ccc(-n3c4ccccc4c4ccc5c6ccccc6n(-c6nc(-c7ccccc7)nc(-c7ccc8oc9c(-c%10ccccc%10)cccc9c8c7)n6)c5c43)cc2)cc1. The van der Waals surface area contributed by atoms with Crippen LogP contribution in [0, 0.1) is 0 Å². The van der Waals surface area contributed by atoms with Crippen LogP contribution in [0.3, 0.4) is 0 Å². The van der Waals surface area contributed by atoms with Crippen LogP contribution < -0.4 is 0 Å². The highest BCUT2D eigenvalue weighted by Gasteiger charge is 2.24. The van der Waals surface area contributed by atoms with Crippen molar-refractivity contribution in [3.05, 3.63) is 212 Å². The summed E-state index contributed by atoms with van der Waals surface area (Å²) in [6.07, 6.45) is 0. The molecule has 0 aliphatic rings. The van der Waals surface area contributed by atoms with Crippen LogP contribution in [0.2, 0.25) is 0 Å². The smallest absolute Gasteiger partial charge is 0.238 e. The molecule has 0 atom stereocenters. The van der Waals surface area contributed by atoms with Crippen LogP contribution in [-0.4, -0.2) is 24.1 Å². The molecule has 0 unspecified atom stereocenters. The molecule has 0 aliphatic carbocycles. The van der Waals surface area contributed by atoms with E-state index in [0.29, 0.717) is 17.6 Å². The molecule has 6 nitrogen and oxygen atoms in total. The van der Waals surface area contributed by atoms with E-state index in [4.69, 9.17) is 19.4 Å². The quantitative estimate of drug-likeness (QED) is 0.168. The topological polar surface area (TPSA) is 61.7 Å². The highest BCUT2D eigenvalue weighted by molar-refractivity contribution is 6.23. The third kappa shape index (κ3) is 5.55. The van der Waals surface area contributed by atoms with E-state index in [1.54, 1.807) is 0 Å². The molecule has 4 heterocycles. The molecule has 9 aromatic carbocycles. The Morgan fingerprint density at radius 2 is 0.857 bits per heavy atom. The van der Waals surface area contributed by atoms with Gasteiger partial charge in [-0.1, -0.05) is 170 Å². The Morgan fingerprint density at radius 1 is 0.333 bits per heavy atom. The third-order valence-electron chi connectivity index (χ3n) is 12.4. The molecule has 6 heteroatoms. The van der Waals surface area contributed by atoms with E-state index >= 15 is 0 Å². The molecule has 4 aromatic heterocycles. The largest absolute Gasteiger partial charge is 0.455 e. The summed E-state index contributed by atoms with van der Waals surface area (Å²) in [5.41, 5.74) is 13.3. The Hall–Kier alpha value is -8.61. The number of fused-ring (bicyclic) bond motifs is 10. The minimum Gasteiger partial charge on any atom is -0.455 e. The van der Waals surface area contributed by atoms with Crippen LogP contribution in [0.25, 0.3) is 122 Å². The van der Waals surface area contributed by atoms with Crippen LogP contribution in [0.15, 0.2) is 217 Å². The van der Waals surface area contributed by atoms with Crippen molar-refractivity contribution in [3.63, 3.8) is 0 Å². The summed E-state index contributed by atoms with van der Waals surface area (Å²) < 4.78 is 11.2. The summed E-state index contributed by atoms with van der Waals surface area (Å²) in [6, 6.07) is 74.4. The summed E-state index contributed by atoms with van der Waals surface area (Å²) in [6.45, 7) is 0. The van der Waals surface area contributed by atoms with E-state index < -0.39 is 0 Å². The molecule has 294 valence electrons. The van der Waals surface area contributed by atoms with Crippen LogP contribution >= 0.6 is 0 Å². The number of nitrogens with zero attached hydrogens (tertiary/aromatic N) is 5. The monoisotopic (exact) mass is 805 g/mol. The maximum absolute atomic E-state index is 6.58. The predicted octanol–water partition coefficient (Wildman–Crippen LogP) is 14.6. The van der Waals surface area contributed by atoms with Crippen molar-refractivity contribution >= 4 is 65.6 Å². The van der Waals surface area contributed by atoms with Gasteiger partial charge in [0.15, 0.2) is 11.6 Å². The van der Waals surface area contributed by atoms with Crippen molar-refractivity contribution in [3.8, 4) is 56.7 Å². The van der Waals surface area contributed by atoms with E-state index in [1.165, 1.54) is 16.5 Å². The van der Waals surface area contributed by atoms with Gasteiger partial charge in [0.1, 0.15) is 11.2 Å². The highest BCUT2D eigenvalue weighted by atomic mass is 16.3. The van der Waals surface area contributed by atoms with Gasteiger partial charge in [0.25, 0.3) is 0 Å². The maximum atomic E-state index is 6.58. The van der Waals surface area contributed by atoms with Crippen LogP contribution in [-0.2, 0) is 0 Å². The minimum atomic E-state index is 0.539. The van der Waals surface area contributed by atoms with Gasteiger partial charge in [-0.25, -0.2) is 4.98 Å². The molecular weight excluding hydrogens is 771 g/mol. The average molecular weight is 806 g/mol. The normalized spacial score (nSPS) is 11.8. The molecule has 0 N–H and O–H groups in total. The first-order valence-electron chi connectivity index (χ1n) is 21.2. The van der Waals surface area contributed by atoms with Crippen molar-refractivity contribution in [2.75, 3.05) is 0 Å². The van der Waals surface area contributed by atoms with Crippen molar-refractivity contribution in [1.82, 2.24) is 24.1 Å². The molecule has 0 aliphatic heterocycles. The van der Waals surface area contributed by atoms with Crippen molar-refractivity contribution in [2.45, 2.75) is 0 Å². The third-order valence-corrected chi connectivity index (χ3v) is 12.4. The minimum absolute atomic E-state index is 0.539. The summed E-state index contributed by atoms with van der Waals surface area (Å²) >= 11 is 0. The molecule has 63 heavy (non-hydrogen) atoms. The summed E-state index contributed by atoms with van der Waals surface area (Å²) in [4.78, 5) is 16.0. The molecule has 13 aromatic rings. The first kappa shape index (κ1) is 35.2. The van der Waals surface area contributed by atoms with Gasteiger partial charge in [0.2, 0.25) is 5.95 Å². The number of aromatic nitrogens is 5. The number of hydrogen-bond acceptors (Lipinski definition) is 4. The lowest BCUT2D eigenvalue weighted by Gasteiger charge is -2.13. The standard InChI is InChI=1S/C57H35N5O/c1-4-15-36(16-5-1)37-27-30-41(31-28-37)61-49-25-12-10-21-43(49)45-32-33-46-44-22-11-13-26-50(44)62(53(46)52(45)61)57-59-55(39-19-8-3-9-20-39)58-56(60-57)40-29-34-51-48(35-40)47-24-14-23-42(54(47)63-51)38-17-6-2-7-18-38/h1-35H. The van der Waals surface area contributed by atoms with Gasteiger partial charge >= 0.3 is 0 Å². The highest BCUT2D eigenvalue weighted by Crippen LogP contribution is 2.42. The lowest BCUT2D eigenvalue weighted by molar-refractivity contribution is 0.670. The van der Waals surface area contributed by atoms with Crippen molar-refractivity contribution < 1.29 is 4.42 Å². The summed E-state index contributed by atoms with van der Waals surface area (Å²) in [7, 11) is 0. The van der Waals surface area contributed by atoms with E-state index in [1.807, 2.05) is 30.3 Å².